The highest BCUT2D eigenvalue weighted by atomic mass is 35.5. The summed E-state index contributed by atoms with van der Waals surface area (Å²) in [7, 11) is 0. The van der Waals surface area contributed by atoms with Gasteiger partial charge >= 0.3 is 0 Å². The molecule has 0 amide bonds. The van der Waals surface area contributed by atoms with E-state index in [1.165, 1.54) is 6.07 Å². The normalized spacial score (nSPS) is 14.6. The van der Waals surface area contributed by atoms with Crippen LogP contribution >= 0.6 is 11.6 Å². The van der Waals surface area contributed by atoms with Crippen LogP contribution in [0.2, 0.25) is 5.02 Å². The van der Waals surface area contributed by atoms with Gasteiger partial charge in [-0.2, -0.15) is 0 Å². The number of allylic oxidation sites excluding steroid dienone is 2. The predicted molar refractivity (Wildman–Crippen MR) is 91.2 cm³/mol. The molecule has 0 fully saturated rings. The molecular weight excluding hydrogens is 315 g/mol. The second-order valence-corrected chi connectivity index (χ2v) is 6.14. The molecule has 0 bridgehead atoms. The quantitative estimate of drug-likeness (QED) is 0.757. The largest absolute Gasteiger partial charge is 0.508 e. The van der Waals surface area contributed by atoms with Crippen molar-refractivity contribution in [3.8, 4) is 11.5 Å². The Morgan fingerprint density at radius 1 is 1.09 bits per heavy atom. The Morgan fingerprint density at radius 2 is 1.83 bits per heavy atom. The fraction of sp³-hybridized carbons (Fsp3) is 0.263. The summed E-state index contributed by atoms with van der Waals surface area (Å²) in [6.07, 6.45) is 3.32. The van der Waals surface area contributed by atoms with Gasteiger partial charge in [0.2, 0.25) is 0 Å². The van der Waals surface area contributed by atoms with Crippen LogP contribution in [0.1, 0.15) is 42.9 Å². The van der Waals surface area contributed by atoms with Crippen LogP contribution in [-0.2, 0) is 6.42 Å². The maximum Gasteiger partial charge on any atom is 0.183 e. The van der Waals surface area contributed by atoms with Gasteiger partial charge in [-0.15, -0.1) is 0 Å². The highest BCUT2D eigenvalue weighted by Gasteiger charge is 2.21. The van der Waals surface area contributed by atoms with Crippen molar-refractivity contribution >= 4 is 22.7 Å². The van der Waals surface area contributed by atoms with Crippen molar-refractivity contribution in [2.75, 3.05) is 0 Å². The van der Waals surface area contributed by atoms with Crippen LogP contribution in [0.4, 0.5) is 4.39 Å². The smallest absolute Gasteiger partial charge is 0.183 e. The van der Waals surface area contributed by atoms with Gasteiger partial charge in [0.15, 0.2) is 11.6 Å². The second kappa shape index (κ2) is 6.25. The van der Waals surface area contributed by atoms with E-state index in [1.807, 2.05) is 6.07 Å². The Bertz CT molecular complexity index is 796. The Morgan fingerprint density at radius 3 is 2.57 bits per heavy atom. The molecule has 0 heterocycles. The summed E-state index contributed by atoms with van der Waals surface area (Å²) in [5.74, 6) is -0.949. The molecule has 3 rings (SSSR count). The summed E-state index contributed by atoms with van der Waals surface area (Å²) in [4.78, 5) is 0. The minimum Gasteiger partial charge on any atom is -0.508 e. The second-order valence-electron chi connectivity index (χ2n) is 5.77. The standard InChI is InChI=1S/C19H18ClFO2/c1-2-13-14-7-6-12(22)10-11(14)4-3-5-15(13)16-8-9-17(23)19(21)18(16)20/h6-10,22-23H,2-5H2,1H3. The molecule has 0 spiro atoms. The first-order valence-corrected chi connectivity index (χ1v) is 8.12. The molecule has 0 aliphatic heterocycles. The van der Waals surface area contributed by atoms with Crippen LogP contribution in [0, 0.1) is 5.82 Å². The van der Waals surface area contributed by atoms with Gasteiger partial charge in [-0.3, -0.25) is 0 Å². The van der Waals surface area contributed by atoms with Gasteiger partial charge in [0.25, 0.3) is 0 Å². The molecule has 0 saturated carbocycles. The number of phenolic OH excluding ortho intramolecular Hbond substituents is 2. The Labute approximate surface area is 139 Å². The van der Waals surface area contributed by atoms with E-state index < -0.39 is 11.6 Å². The van der Waals surface area contributed by atoms with Gasteiger partial charge in [-0.05, 0) is 77.8 Å². The lowest BCUT2D eigenvalue weighted by Crippen LogP contribution is -1.95. The number of benzene rings is 2. The number of rotatable bonds is 2. The average Bonchev–Trinajstić information content (AvgIpc) is 2.71. The molecule has 2 aromatic carbocycles. The number of aromatic hydroxyl groups is 2. The van der Waals surface area contributed by atoms with Gasteiger partial charge in [0, 0.05) is 0 Å². The Hall–Kier alpha value is -2.00. The highest BCUT2D eigenvalue weighted by Crippen LogP contribution is 2.42. The van der Waals surface area contributed by atoms with Crippen molar-refractivity contribution in [1.82, 2.24) is 0 Å². The number of aryl methyl sites for hydroxylation is 1. The molecule has 0 aromatic heterocycles. The summed E-state index contributed by atoms with van der Waals surface area (Å²) in [6, 6.07) is 8.42. The van der Waals surface area contributed by atoms with Gasteiger partial charge in [-0.25, -0.2) is 4.39 Å². The van der Waals surface area contributed by atoms with E-state index in [0.29, 0.717) is 5.56 Å². The van der Waals surface area contributed by atoms with Crippen molar-refractivity contribution in [3.63, 3.8) is 0 Å². The van der Waals surface area contributed by atoms with Crippen molar-refractivity contribution in [2.24, 2.45) is 0 Å². The lowest BCUT2D eigenvalue weighted by atomic mass is 9.91. The zero-order valence-corrected chi connectivity index (χ0v) is 13.6. The van der Waals surface area contributed by atoms with Crippen LogP contribution in [0.3, 0.4) is 0 Å². The summed E-state index contributed by atoms with van der Waals surface area (Å²) < 4.78 is 14.0. The van der Waals surface area contributed by atoms with Crippen molar-refractivity contribution in [3.05, 3.63) is 57.9 Å². The first kappa shape index (κ1) is 15.9. The molecule has 0 atom stereocenters. The molecule has 2 N–H and O–H groups in total. The maximum absolute atomic E-state index is 14.0. The van der Waals surface area contributed by atoms with E-state index in [0.717, 1.165) is 48.0 Å². The molecule has 0 unspecified atom stereocenters. The maximum atomic E-state index is 14.0. The summed E-state index contributed by atoms with van der Waals surface area (Å²) in [6.45, 7) is 2.06. The average molecular weight is 333 g/mol. The van der Waals surface area contributed by atoms with Crippen LogP contribution in [-0.4, -0.2) is 10.2 Å². The van der Waals surface area contributed by atoms with Crippen LogP contribution in [0.5, 0.6) is 11.5 Å². The van der Waals surface area contributed by atoms with Crippen LogP contribution in [0.25, 0.3) is 11.1 Å². The molecule has 0 radical (unpaired) electrons. The van der Waals surface area contributed by atoms with Crippen LogP contribution in [0.15, 0.2) is 30.3 Å². The topological polar surface area (TPSA) is 40.5 Å². The number of hydrogen-bond acceptors (Lipinski definition) is 2. The number of fused-ring (bicyclic) bond motifs is 1. The van der Waals surface area contributed by atoms with Crippen molar-refractivity contribution in [2.45, 2.75) is 32.6 Å². The first-order valence-electron chi connectivity index (χ1n) is 7.74. The minimum atomic E-state index is -0.776. The third-order valence-electron chi connectivity index (χ3n) is 4.39. The van der Waals surface area contributed by atoms with Crippen LogP contribution < -0.4 is 0 Å². The predicted octanol–water partition coefficient (Wildman–Crippen LogP) is 5.55. The molecule has 23 heavy (non-hydrogen) atoms. The van der Waals surface area contributed by atoms with Gasteiger partial charge in [0.05, 0.1) is 5.02 Å². The first-order chi connectivity index (χ1) is 11.0. The zero-order chi connectivity index (χ0) is 16.6. The van der Waals surface area contributed by atoms with E-state index in [9.17, 15) is 14.6 Å². The van der Waals surface area contributed by atoms with Gasteiger partial charge < -0.3 is 10.2 Å². The summed E-state index contributed by atoms with van der Waals surface area (Å²) in [5, 5.41) is 19.2. The van der Waals surface area contributed by atoms with Crippen molar-refractivity contribution in [1.29, 1.82) is 0 Å². The molecule has 1 aliphatic rings. The lowest BCUT2D eigenvalue weighted by molar-refractivity contribution is 0.432. The molecule has 4 heteroatoms. The van der Waals surface area contributed by atoms with E-state index >= 15 is 0 Å². The lowest BCUT2D eigenvalue weighted by Gasteiger charge is -2.16. The molecule has 2 aromatic rings. The van der Waals surface area contributed by atoms with E-state index in [-0.39, 0.29) is 10.8 Å². The van der Waals surface area contributed by atoms with Gasteiger partial charge in [0.1, 0.15) is 5.75 Å². The Kier molecular flexibility index (Phi) is 4.31. The monoisotopic (exact) mass is 332 g/mol. The fourth-order valence-electron chi connectivity index (χ4n) is 3.32. The van der Waals surface area contributed by atoms with E-state index in [4.69, 9.17) is 11.6 Å². The SMILES string of the molecule is CCC1=C(c2ccc(O)c(F)c2Cl)CCCc2cc(O)ccc21. The van der Waals surface area contributed by atoms with E-state index in [2.05, 4.69) is 6.92 Å². The molecule has 0 saturated heterocycles. The molecule has 2 nitrogen and oxygen atoms in total. The summed E-state index contributed by atoms with van der Waals surface area (Å²) >= 11 is 6.15. The zero-order valence-electron chi connectivity index (χ0n) is 12.9. The molecular formula is C19H18ClFO2. The fourth-order valence-corrected chi connectivity index (χ4v) is 3.60. The Balaban J connectivity index is 2.24. The molecule has 120 valence electrons. The minimum absolute atomic E-state index is 0.0341. The van der Waals surface area contributed by atoms with Gasteiger partial charge in [-0.1, -0.05) is 24.6 Å². The number of halogens is 2. The third-order valence-corrected chi connectivity index (χ3v) is 4.76. The van der Waals surface area contributed by atoms with Crippen molar-refractivity contribution < 1.29 is 14.6 Å². The highest BCUT2D eigenvalue weighted by molar-refractivity contribution is 6.33. The number of phenols is 2. The number of hydrogen-bond donors (Lipinski definition) is 2. The summed E-state index contributed by atoms with van der Waals surface area (Å²) in [5.41, 5.74) is 4.96. The molecule has 1 aliphatic carbocycles. The third kappa shape index (κ3) is 2.81. The van der Waals surface area contributed by atoms with E-state index in [1.54, 1.807) is 18.2 Å².